The molecular weight excluding hydrogens is 248 g/mol. The Morgan fingerprint density at radius 2 is 2.31 bits per heavy atom. The molecule has 1 aromatic rings. The van der Waals surface area contributed by atoms with Crippen LogP contribution in [0.1, 0.15) is 24.3 Å². The highest BCUT2D eigenvalue weighted by atomic mass is 35.5. The van der Waals surface area contributed by atoms with E-state index in [4.69, 9.17) is 11.6 Å². The molecule has 1 fully saturated rings. The molecule has 0 radical (unpaired) electrons. The van der Waals surface area contributed by atoms with Crippen molar-refractivity contribution in [2.24, 2.45) is 0 Å². The Hall–Kier alpha value is -0.910. The van der Waals surface area contributed by atoms with Gasteiger partial charge in [0.05, 0.1) is 16.8 Å². The van der Waals surface area contributed by atoms with Gasteiger partial charge in [0.1, 0.15) is 0 Å². The summed E-state index contributed by atoms with van der Waals surface area (Å²) in [6.45, 7) is 1.94. The first-order valence-corrected chi connectivity index (χ1v) is 6.10. The molecule has 16 heavy (non-hydrogen) atoms. The topological polar surface area (TPSA) is 58.2 Å². The lowest BCUT2D eigenvalue weighted by Crippen LogP contribution is -2.37. The van der Waals surface area contributed by atoms with Crippen LogP contribution in [0.5, 0.6) is 0 Å². The first-order valence-electron chi connectivity index (χ1n) is 4.91. The van der Waals surface area contributed by atoms with Crippen LogP contribution in [0.15, 0.2) is 12.1 Å². The molecule has 6 heteroatoms. The van der Waals surface area contributed by atoms with Crippen LogP contribution in [0, 0.1) is 0 Å². The molecule has 0 aliphatic carbocycles. The van der Waals surface area contributed by atoms with E-state index in [-0.39, 0.29) is 24.3 Å². The highest BCUT2D eigenvalue weighted by Crippen LogP contribution is 2.27. The molecule has 0 bridgehead atoms. The number of carbonyl (C=O) groups is 2. The lowest BCUT2D eigenvalue weighted by atomic mass is 10.2. The number of hydrogen-bond acceptors (Lipinski definition) is 4. The SMILES string of the molecule is CC(NC1CC(=O)NC1=O)c1ccc(Cl)s1. The number of nitrogens with one attached hydrogen (secondary N) is 2. The van der Waals surface area contributed by atoms with E-state index >= 15 is 0 Å². The van der Waals surface area contributed by atoms with Crippen LogP contribution in [0.2, 0.25) is 4.34 Å². The third-order valence-electron chi connectivity index (χ3n) is 2.44. The van der Waals surface area contributed by atoms with Crippen molar-refractivity contribution in [3.63, 3.8) is 0 Å². The minimum Gasteiger partial charge on any atom is -0.298 e. The van der Waals surface area contributed by atoms with Gasteiger partial charge in [-0.25, -0.2) is 0 Å². The standard InChI is InChI=1S/C10H11ClN2O2S/c1-5(7-2-3-8(11)16-7)12-6-4-9(14)13-10(6)15/h2-3,5-6,12H,4H2,1H3,(H,13,14,15). The molecule has 2 heterocycles. The van der Waals surface area contributed by atoms with Gasteiger partial charge in [-0.3, -0.25) is 20.2 Å². The summed E-state index contributed by atoms with van der Waals surface area (Å²) in [6.07, 6.45) is 0.211. The second-order valence-electron chi connectivity index (χ2n) is 3.70. The van der Waals surface area contributed by atoms with Crippen molar-refractivity contribution in [1.82, 2.24) is 10.6 Å². The smallest absolute Gasteiger partial charge is 0.244 e. The van der Waals surface area contributed by atoms with E-state index in [1.807, 2.05) is 19.1 Å². The lowest BCUT2D eigenvalue weighted by molar-refractivity contribution is -0.125. The molecule has 1 saturated heterocycles. The Balaban J connectivity index is 2.00. The molecule has 0 spiro atoms. The van der Waals surface area contributed by atoms with Crippen molar-refractivity contribution >= 4 is 34.8 Å². The van der Waals surface area contributed by atoms with Crippen molar-refractivity contribution in [2.45, 2.75) is 25.4 Å². The zero-order chi connectivity index (χ0) is 11.7. The number of halogens is 1. The summed E-state index contributed by atoms with van der Waals surface area (Å²) in [5.74, 6) is -0.474. The zero-order valence-electron chi connectivity index (χ0n) is 8.62. The summed E-state index contributed by atoms with van der Waals surface area (Å²) in [5.41, 5.74) is 0. The summed E-state index contributed by atoms with van der Waals surface area (Å²) < 4.78 is 0.718. The van der Waals surface area contributed by atoms with Gasteiger partial charge in [0.2, 0.25) is 11.8 Å². The van der Waals surface area contributed by atoms with E-state index in [0.29, 0.717) is 0 Å². The quantitative estimate of drug-likeness (QED) is 0.808. The van der Waals surface area contributed by atoms with Crippen LogP contribution in [0.3, 0.4) is 0 Å². The van der Waals surface area contributed by atoms with Crippen LogP contribution in [-0.2, 0) is 9.59 Å². The average molecular weight is 259 g/mol. The highest BCUT2D eigenvalue weighted by molar-refractivity contribution is 7.16. The third-order valence-corrected chi connectivity index (χ3v) is 3.85. The average Bonchev–Trinajstić information content (AvgIpc) is 2.74. The number of carbonyl (C=O) groups excluding carboxylic acids is 2. The number of amides is 2. The van der Waals surface area contributed by atoms with Crippen LogP contribution >= 0.6 is 22.9 Å². The van der Waals surface area contributed by atoms with Crippen LogP contribution in [0.4, 0.5) is 0 Å². The Kier molecular flexibility index (Phi) is 3.28. The second-order valence-corrected chi connectivity index (χ2v) is 5.45. The molecule has 86 valence electrons. The maximum atomic E-state index is 11.3. The van der Waals surface area contributed by atoms with Gasteiger partial charge in [-0.05, 0) is 19.1 Å². The lowest BCUT2D eigenvalue weighted by Gasteiger charge is -2.15. The molecule has 1 aromatic heterocycles. The van der Waals surface area contributed by atoms with Crippen LogP contribution in [0.25, 0.3) is 0 Å². The molecule has 0 aromatic carbocycles. The van der Waals surface area contributed by atoms with Gasteiger partial charge >= 0.3 is 0 Å². The van der Waals surface area contributed by atoms with Gasteiger partial charge in [-0.2, -0.15) is 0 Å². The minimum absolute atomic E-state index is 0.0131. The van der Waals surface area contributed by atoms with Crippen molar-refractivity contribution in [3.8, 4) is 0 Å². The highest BCUT2D eigenvalue weighted by Gasteiger charge is 2.31. The number of thiophene rings is 1. The van der Waals surface area contributed by atoms with Gasteiger partial charge in [0, 0.05) is 10.9 Å². The zero-order valence-corrected chi connectivity index (χ0v) is 10.2. The predicted molar refractivity (Wildman–Crippen MR) is 62.4 cm³/mol. The Morgan fingerprint density at radius 3 is 2.81 bits per heavy atom. The minimum atomic E-state index is -0.427. The van der Waals surface area contributed by atoms with Crippen LogP contribution in [-0.4, -0.2) is 17.9 Å². The Bertz CT molecular complexity index is 432. The maximum Gasteiger partial charge on any atom is 0.244 e. The van der Waals surface area contributed by atoms with E-state index in [0.717, 1.165) is 9.21 Å². The first-order chi connectivity index (χ1) is 7.56. The molecular formula is C10H11ClN2O2S. The van der Waals surface area contributed by atoms with Crippen molar-refractivity contribution in [3.05, 3.63) is 21.3 Å². The third kappa shape index (κ3) is 2.42. The second kappa shape index (κ2) is 4.53. The molecule has 2 amide bonds. The fourth-order valence-corrected chi connectivity index (χ4v) is 2.71. The molecule has 4 nitrogen and oxygen atoms in total. The van der Waals surface area contributed by atoms with Gasteiger partial charge in [0.15, 0.2) is 0 Å². The summed E-state index contributed by atoms with van der Waals surface area (Å²) in [7, 11) is 0. The van der Waals surface area contributed by atoms with E-state index in [1.165, 1.54) is 11.3 Å². The number of rotatable bonds is 3. The summed E-state index contributed by atoms with van der Waals surface area (Å²) in [4.78, 5) is 23.4. The van der Waals surface area contributed by atoms with E-state index in [1.54, 1.807) is 0 Å². The molecule has 2 N–H and O–H groups in total. The van der Waals surface area contributed by atoms with Crippen molar-refractivity contribution in [1.29, 1.82) is 0 Å². The van der Waals surface area contributed by atoms with Gasteiger partial charge < -0.3 is 0 Å². The summed E-state index contributed by atoms with van der Waals surface area (Å²) in [6, 6.07) is 3.32. The number of hydrogen-bond donors (Lipinski definition) is 2. The van der Waals surface area contributed by atoms with Crippen LogP contribution < -0.4 is 10.6 Å². The maximum absolute atomic E-state index is 11.3. The largest absolute Gasteiger partial charge is 0.298 e. The monoisotopic (exact) mass is 258 g/mol. The Labute approximate surface area is 102 Å². The normalized spacial score (nSPS) is 22.2. The van der Waals surface area contributed by atoms with E-state index in [2.05, 4.69) is 10.6 Å². The summed E-state index contributed by atoms with van der Waals surface area (Å²) >= 11 is 7.30. The first kappa shape index (κ1) is 11.6. The molecule has 2 atom stereocenters. The van der Waals surface area contributed by atoms with Gasteiger partial charge in [-0.15, -0.1) is 11.3 Å². The molecule has 0 saturated carbocycles. The van der Waals surface area contributed by atoms with Gasteiger partial charge in [0.25, 0.3) is 0 Å². The number of imide groups is 1. The fraction of sp³-hybridized carbons (Fsp3) is 0.400. The molecule has 2 unspecified atom stereocenters. The van der Waals surface area contributed by atoms with Gasteiger partial charge in [-0.1, -0.05) is 11.6 Å². The summed E-state index contributed by atoms with van der Waals surface area (Å²) in [5, 5.41) is 5.37. The van der Waals surface area contributed by atoms with E-state index in [9.17, 15) is 9.59 Å². The van der Waals surface area contributed by atoms with Crippen molar-refractivity contribution < 1.29 is 9.59 Å². The fourth-order valence-electron chi connectivity index (χ4n) is 1.63. The Morgan fingerprint density at radius 1 is 1.56 bits per heavy atom. The van der Waals surface area contributed by atoms with Crippen molar-refractivity contribution in [2.75, 3.05) is 0 Å². The molecule has 2 rings (SSSR count). The molecule has 1 aliphatic rings. The van der Waals surface area contributed by atoms with E-state index < -0.39 is 6.04 Å². The predicted octanol–water partition coefficient (Wildman–Crippen LogP) is 1.47. The molecule has 1 aliphatic heterocycles.